The molecule has 0 radical (unpaired) electrons. The second-order valence-electron chi connectivity index (χ2n) is 5.07. The summed E-state index contributed by atoms with van der Waals surface area (Å²) < 4.78 is 37.5. The summed E-state index contributed by atoms with van der Waals surface area (Å²) in [6.07, 6.45) is 0.119. The van der Waals surface area contributed by atoms with Gasteiger partial charge in [-0.3, -0.25) is 4.79 Å². The third kappa shape index (κ3) is 3.14. The predicted octanol–water partition coefficient (Wildman–Crippen LogP) is 2.14. The zero-order valence-corrected chi connectivity index (χ0v) is 12.8. The minimum atomic E-state index is -3.44. The Labute approximate surface area is 132 Å². The predicted molar refractivity (Wildman–Crippen MR) is 83.5 cm³/mol. The molecular formula is C16H13FN2O3S. The highest BCUT2D eigenvalue weighted by Crippen LogP contribution is 2.26. The molecule has 1 N–H and O–H groups in total. The maximum absolute atomic E-state index is 13.4. The average molecular weight is 332 g/mol. The van der Waals surface area contributed by atoms with E-state index in [0.717, 1.165) is 12.1 Å². The molecule has 1 aliphatic heterocycles. The number of fused-ring (bicyclic) bond motifs is 1. The van der Waals surface area contributed by atoms with Crippen LogP contribution < -0.4 is 5.43 Å². The van der Waals surface area contributed by atoms with Gasteiger partial charge in [0.15, 0.2) is 9.84 Å². The Kier molecular flexibility index (Phi) is 3.96. The number of carbonyl (C=O) groups is 1. The van der Waals surface area contributed by atoms with Gasteiger partial charge in [0.25, 0.3) is 5.91 Å². The first-order valence-corrected chi connectivity index (χ1v) is 8.57. The molecule has 1 aliphatic rings. The number of hydrogen-bond acceptors (Lipinski definition) is 4. The molecule has 3 rings (SSSR count). The van der Waals surface area contributed by atoms with Gasteiger partial charge in [0, 0.05) is 17.5 Å². The first-order chi connectivity index (χ1) is 11.0. The molecule has 0 saturated heterocycles. The molecule has 0 aromatic heterocycles. The summed E-state index contributed by atoms with van der Waals surface area (Å²) in [7, 11) is -3.44. The minimum Gasteiger partial charge on any atom is -0.267 e. The fourth-order valence-electron chi connectivity index (χ4n) is 2.36. The van der Waals surface area contributed by atoms with Crippen molar-refractivity contribution < 1.29 is 17.6 Å². The van der Waals surface area contributed by atoms with Gasteiger partial charge in [-0.1, -0.05) is 18.2 Å². The summed E-state index contributed by atoms with van der Waals surface area (Å²) in [5, 5.41) is 3.99. The van der Waals surface area contributed by atoms with E-state index in [-0.39, 0.29) is 22.6 Å². The summed E-state index contributed by atoms with van der Waals surface area (Å²) in [4.78, 5) is 12.0. The van der Waals surface area contributed by atoms with Gasteiger partial charge < -0.3 is 0 Å². The van der Waals surface area contributed by atoms with Crippen LogP contribution in [0.3, 0.4) is 0 Å². The Morgan fingerprint density at radius 2 is 1.87 bits per heavy atom. The van der Waals surface area contributed by atoms with Gasteiger partial charge in [0.05, 0.1) is 16.4 Å². The van der Waals surface area contributed by atoms with Gasteiger partial charge in [-0.2, -0.15) is 5.10 Å². The largest absolute Gasteiger partial charge is 0.271 e. The zero-order valence-electron chi connectivity index (χ0n) is 12.0. The molecule has 0 saturated carbocycles. The van der Waals surface area contributed by atoms with Crippen LogP contribution in [-0.2, 0) is 9.84 Å². The van der Waals surface area contributed by atoms with Crippen molar-refractivity contribution in [1.82, 2.24) is 5.43 Å². The lowest BCUT2D eigenvalue weighted by atomic mass is 10.1. The number of amides is 1. The molecule has 0 bridgehead atoms. The SMILES string of the molecule is O=C(N/N=C1/CCS(=O)(=O)c2ccc(F)cc21)c1ccccc1. The Morgan fingerprint density at radius 1 is 1.13 bits per heavy atom. The lowest BCUT2D eigenvalue weighted by molar-refractivity contribution is 0.0955. The van der Waals surface area contributed by atoms with Gasteiger partial charge >= 0.3 is 0 Å². The topological polar surface area (TPSA) is 75.6 Å². The molecule has 0 spiro atoms. The first kappa shape index (κ1) is 15.4. The van der Waals surface area contributed by atoms with Gasteiger partial charge in [0.1, 0.15) is 5.82 Å². The third-order valence-corrected chi connectivity index (χ3v) is 5.29. The quantitative estimate of drug-likeness (QED) is 0.676. The summed E-state index contributed by atoms with van der Waals surface area (Å²) in [6, 6.07) is 11.9. The van der Waals surface area contributed by atoms with Crippen LogP contribution in [0.4, 0.5) is 4.39 Å². The second kappa shape index (κ2) is 5.92. The number of nitrogens with one attached hydrogen (secondary N) is 1. The van der Waals surface area contributed by atoms with Crippen molar-refractivity contribution in [3.8, 4) is 0 Å². The number of nitrogens with zero attached hydrogens (tertiary/aromatic N) is 1. The summed E-state index contributed by atoms with van der Waals surface area (Å²) in [6.45, 7) is 0. The number of hydrazone groups is 1. The van der Waals surface area contributed by atoms with Crippen LogP contribution in [-0.4, -0.2) is 25.8 Å². The Balaban J connectivity index is 1.92. The van der Waals surface area contributed by atoms with Gasteiger partial charge in [-0.15, -0.1) is 0 Å². The molecule has 0 fully saturated rings. The van der Waals surface area contributed by atoms with Gasteiger partial charge in [-0.25, -0.2) is 18.2 Å². The standard InChI is InChI=1S/C16H13FN2O3S/c17-12-6-7-15-13(10-12)14(8-9-23(15,21)22)18-19-16(20)11-4-2-1-3-5-11/h1-7,10H,8-9H2,(H,19,20)/b18-14-. The van der Waals surface area contributed by atoms with E-state index < -0.39 is 21.6 Å². The smallest absolute Gasteiger partial charge is 0.267 e. The van der Waals surface area contributed by atoms with Crippen molar-refractivity contribution in [2.24, 2.45) is 5.10 Å². The number of carbonyl (C=O) groups excluding carboxylic acids is 1. The summed E-state index contributed by atoms with van der Waals surface area (Å²) in [5.41, 5.74) is 3.36. The second-order valence-corrected chi connectivity index (χ2v) is 7.15. The van der Waals surface area contributed by atoms with E-state index in [4.69, 9.17) is 0 Å². The summed E-state index contributed by atoms with van der Waals surface area (Å²) in [5.74, 6) is -1.08. The van der Waals surface area contributed by atoms with Crippen LogP contribution in [0, 0.1) is 5.82 Å². The fourth-order valence-corrected chi connectivity index (χ4v) is 3.83. The Hall–Kier alpha value is -2.54. The molecule has 7 heteroatoms. The van der Waals surface area contributed by atoms with Crippen molar-refractivity contribution in [2.75, 3.05) is 5.75 Å². The normalized spacial score (nSPS) is 17.5. The molecule has 0 unspecified atom stereocenters. The number of rotatable bonds is 2. The number of benzene rings is 2. The number of sulfone groups is 1. The first-order valence-electron chi connectivity index (χ1n) is 6.92. The average Bonchev–Trinajstić information content (AvgIpc) is 2.54. The lowest BCUT2D eigenvalue weighted by Crippen LogP contribution is -2.26. The van der Waals surface area contributed by atoms with Crippen LogP contribution in [0.1, 0.15) is 22.3 Å². The molecule has 5 nitrogen and oxygen atoms in total. The van der Waals surface area contributed by atoms with Gasteiger partial charge in [0.2, 0.25) is 0 Å². The highest BCUT2D eigenvalue weighted by atomic mass is 32.2. The van der Waals surface area contributed by atoms with Crippen molar-refractivity contribution in [3.05, 3.63) is 65.5 Å². The van der Waals surface area contributed by atoms with E-state index >= 15 is 0 Å². The van der Waals surface area contributed by atoms with Crippen LogP contribution in [0.2, 0.25) is 0 Å². The van der Waals surface area contributed by atoms with Gasteiger partial charge in [-0.05, 0) is 30.3 Å². The third-order valence-electron chi connectivity index (χ3n) is 3.52. The van der Waals surface area contributed by atoms with E-state index in [1.165, 1.54) is 6.07 Å². The molecule has 23 heavy (non-hydrogen) atoms. The minimum absolute atomic E-state index is 0.0397. The van der Waals surface area contributed by atoms with Crippen LogP contribution in [0.25, 0.3) is 0 Å². The van der Waals surface area contributed by atoms with Crippen molar-refractivity contribution >= 4 is 21.5 Å². The monoisotopic (exact) mass is 332 g/mol. The zero-order chi connectivity index (χ0) is 16.4. The maximum atomic E-state index is 13.4. The van der Waals surface area contributed by atoms with Crippen molar-refractivity contribution in [1.29, 1.82) is 0 Å². The maximum Gasteiger partial charge on any atom is 0.271 e. The molecule has 1 amide bonds. The van der Waals surface area contributed by atoms with Crippen molar-refractivity contribution in [2.45, 2.75) is 11.3 Å². The van der Waals surface area contributed by atoms with Crippen molar-refractivity contribution in [3.63, 3.8) is 0 Å². The molecule has 2 aromatic carbocycles. The van der Waals surface area contributed by atoms with Crippen LogP contribution in [0.5, 0.6) is 0 Å². The van der Waals surface area contributed by atoms with E-state index in [1.807, 2.05) is 0 Å². The molecule has 0 aliphatic carbocycles. The fraction of sp³-hybridized carbons (Fsp3) is 0.125. The number of halogens is 1. The number of hydrogen-bond donors (Lipinski definition) is 1. The van der Waals surface area contributed by atoms with Crippen LogP contribution >= 0.6 is 0 Å². The molecule has 0 atom stereocenters. The Bertz CT molecular complexity index is 893. The highest BCUT2D eigenvalue weighted by Gasteiger charge is 2.28. The molecule has 1 heterocycles. The van der Waals surface area contributed by atoms with E-state index in [1.54, 1.807) is 30.3 Å². The summed E-state index contributed by atoms with van der Waals surface area (Å²) >= 11 is 0. The highest BCUT2D eigenvalue weighted by molar-refractivity contribution is 7.91. The molecule has 2 aromatic rings. The lowest BCUT2D eigenvalue weighted by Gasteiger charge is -2.18. The van der Waals surface area contributed by atoms with E-state index in [2.05, 4.69) is 10.5 Å². The Morgan fingerprint density at radius 3 is 2.61 bits per heavy atom. The molecular weight excluding hydrogens is 319 g/mol. The molecule has 118 valence electrons. The van der Waals surface area contributed by atoms with E-state index in [0.29, 0.717) is 11.3 Å². The van der Waals surface area contributed by atoms with Crippen LogP contribution in [0.15, 0.2) is 58.5 Å². The van der Waals surface area contributed by atoms with E-state index in [9.17, 15) is 17.6 Å².